The van der Waals surface area contributed by atoms with Gasteiger partial charge >= 0.3 is 0 Å². The molecule has 0 saturated heterocycles. The van der Waals surface area contributed by atoms with Crippen molar-refractivity contribution in [3.63, 3.8) is 0 Å². The molecule has 0 radical (unpaired) electrons. The van der Waals surface area contributed by atoms with E-state index in [1.165, 1.54) is 29.8 Å². The normalized spacial score (nSPS) is 12.7. The van der Waals surface area contributed by atoms with E-state index in [1.54, 1.807) is 18.2 Å². The number of fused-ring (bicyclic) bond motifs is 1. The first kappa shape index (κ1) is 23.0. The molecule has 9 heteroatoms. The summed E-state index contributed by atoms with van der Waals surface area (Å²) in [5.41, 5.74) is 3.88. The van der Waals surface area contributed by atoms with Crippen molar-refractivity contribution >= 4 is 36.5 Å². The Labute approximate surface area is 193 Å². The van der Waals surface area contributed by atoms with E-state index in [9.17, 15) is 16.8 Å². The van der Waals surface area contributed by atoms with Crippen LogP contribution in [0.15, 0.2) is 76.5 Å². The molecule has 0 fully saturated rings. The molecular weight excluding hydrogens is 458 g/mol. The van der Waals surface area contributed by atoms with Crippen LogP contribution in [0.1, 0.15) is 26.3 Å². The highest BCUT2D eigenvalue weighted by Crippen LogP contribution is 2.31. The number of nitrogens with zero attached hydrogens (tertiary/aromatic N) is 1. The van der Waals surface area contributed by atoms with Gasteiger partial charge in [-0.3, -0.25) is 9.82 Å². The second kappa shape index (κ2) is 8.00. The number of sulfonamides is 1. The summed E-state index contributed by atoms with van der Waals surface area (Å²) in [6.45, 7) is 6.44. The molecule has 1 heterocycles. The predicted molar refractivity (Wildman–Crippen MR) is 131 cm³/mol. The molecule has 0 atom stereocenters. The third-order valence-corrected chi connectivity index (χ3v) is 8.10. The third-order valence-electron chi connectivity index (χ3n) is 5.38. The second-order valence-electron chi connectivity index (χ2n) is 8.98. The van der Waals surface area contributed by atoms with E-state index in [1.807, 2.05) is 12.1 Å². The van der Waals surface area contributed by atoms with Gasteiger partial charge in [-0.1, -0.05) is 57.2 Å². The molecule has 0 aliphatic heterocycles. The smallest absolute Gasteiger partial charge is 0.263 e. The molecule has 0 aliphatic rings. The van der Waals surface area contributed by atoms with Gasteiger partial charge in [0.15, 0.2) is 9.84 Å². The van der Waals surface area contributed by atoms with E-state index >= 15 is 0 Å². The molecule has 4 rings (SSSR count). The van der Waals surface area contributed by atoms with Gasteiger partial charge in [-0.05, 0) is 41.3 Å². The molecule has 172 valence electrons. The van der Waals surface area contributed by atoms with Gasteiger partial charge in [0.25, 0.3) is 10.0 Å². The van der Waals surface area contributed by atoms with Gasteiger partial charge in [-0.25, -0.2) is 16.8 Å². The first-order chi connectivity index (χ1) is 15.4. The summed E-state index contributed by atoms with van der Waals surface area (Å²) in [5, 5.41) is 8.14. The minimum absolute atomic E-state index is 0.0277. The number of anilines is 1. The van der Waals surface area contributed by atoms with Crippen LogP contribution in [0.2, 0.25) is 0 Å². The molecule has 3 aromatic carbocycles. The monoisotopic (exact) mass is 483 g/mol. The van der Waals surface area contributed by atoms with E-state index in [0.717, 1.165) is 22.7 Å². The van der Waals surface area contributed by atoms with Crippen LogP contribution in [0.25, 0.3) is 22.2 Å². The maximum absolute atomic E-state index is 13.0. The average Bonchev–Trinajstić information content (AvgIpc) is 3.15. The predicted octanol–water partition coefficient (Wildman–Crippen LogP) is 4.73. The molecule has 0 amide bonds. The van der Waals surface area contributed by atoms with Crippen LogP contribution in [0.4, 0.5) is 5.69 Å². The summed E-state index contributed by atoms with van der Waals surface area (Å²) in [5.74, 6) is 0. The number of aromatic nitrogens is 2. The summed E-state index contributed by atoms with van der Waals surface area (Å²) >= 11 is 0. The topological polar surface area (TPSA) is 109 Å². The lowest BCUT2D eigenvalue weighted by Gasteiger charge is -2.19. The number of aromatic amines is 1. The first-order valence-electron chi connectivity index (χ1n) is 10.3. The molecule has 0 aliphatic carbocycles. The maximum Gasteiger partial charge on any atom is 0.263 e. The zero-order valence-corrected chi connectivity index (χ0v) is 20.4. The molecule has 1 aromatic heterocycles. The Bertz CT molecular complexity index is 1550. The van der Waals surface area contributed by atoms with Crippen molar-refractivity contribution in [2.24, 2.45) is 0 Å². The number of hydrogen-bond acceptors (Lipinski definition) is 5. The maximum atomic E-state index is 13.0. The highest BCUT2D eigenvalue weighted by molar-refractivity contribution is 7.95. The lowest BCUT2D eigenvalue weighted by Crippen LogP contribution is -2.16. The summed E-state index contributed by atoms with van der Waals surface area (Å²) in [7, 11) is -7.86. The Morgan fingerprint density at radius 1 is 0.848 bits per heavy atom. The Balaban J connectivity index is 1.73. The molecule has 7 nitrogen and oxygen atoms in total. The lowest BCUT2D eigenvalue weighted by atomic mass is 9.86. The number of nitrogens with one attached hydrogen (secondary N) is 2. The summed E-state index contributed by atoms with van der Waals surface area (Å²) < 4.78 is 52.7. The van der Waals surface area contributed by atoms with Crippen LogP contribution >= 0.6 is 0 Å². The second-order valence-corrected chi connectivity index (χ2v) is 12.6. The molecule has 0 saturated carbocycles. The molecule has 0 bridgehead atoms. The Kier molecular flexibility index (Phi) is 5.58. The van der Waals surface area contributed by atoms with Crippen molar-refractivity contribution in [2.45, 2.75) is 36.0 Å². The van der Waals surface area contributed by atoms with Gasteiger partial charge in [0.05, 0.1) is 16.1 Å². The van der Waals surface area contributed by atoms with Gasteiger partial charge in [0.2, 0.25) is 0 Å². The molecule has 2 N–H and O–H groups in total. The fourth-order valence-electron chi connectivity index (χ4n) is 3.61. The number of rotatable bonds is 5. The number of benzene rings is 3. The van der Waals surface area contributed by atoms with E-state index in [0.29, 0.717) is 11.4 Å². The molecule has 0 spiro atoms. The lowest BCUT2D eigenvalue weighted by molar-refractivity contribution is 0.588. The van der Waals surface area contributed by atoms with E-state index in [2.05, 4.69) is 47.8 Å². The fraction of sp³-hybridized carbons (Fsp3) is 0.208. The van der Waals surface area contributed by atoms with E-state index in [4.69, 9.17) is 0 Å². The number of sulfone groups is 1. The first-order valence-corrected chi connectivity index (χ1v) is 13.6. The zero-order valence-electron chi connectivity index (χ0n) is 18.7. The molecule has 4 aromatic rings. The van der Waals surface area contributed by atoms with Crippen LogP contribution < -0.4 is 4.72 Å². The van der Waals surface area contributed by atoms with Crippen molar-refractivity contribution in [3.8, 4) is 11.3 Å². The van der Waals surface area contributed by atoms with Crippen LogP contribution in [0.5, 0.6) is 0 Å². The molecule has 33 heavy (non-hydrogen) atoms. The summed E-state index contributed by atoms with van der Waals surface area (Å²) in [4.78, 5) is -0.542. The Morgan fingerprint density at radius 2 is 1.48 bits per heavy atom. The quantitative estimate of drug-likeness (QED) is 0.426. The van der Waals surface area contributed by atoms with Crippen LogP contribution in [-0.2, 0) is 25.3 Å². The summed E-state index contributed by atoms with van der Waals surface area (Å²) in [6, 6.07) is 18.7. The summed E-state index contributed by atoms with van der Waals surface area (Å²) in [6.07, 6.45) is 0.982. The minimum Gasteiger partial charge on any atom is -0.280 e. The number of hydrogen-bond donors (Lipinski definition) is 2. The molecule has 0 unspecified atom stereocenters. The van der Waals surface area contributed by atoms with Crippen molar-refractivity contribution < 1.29 is 16.8 Å². The van der Waals surface area contributed by atoms with Crippen molar-refractivity contribution in [2.75, 3.05) is 11.0 Å². The van der Waals surface area contributed by atoms with Crippen LogP contribution in [0, 0.1) is 0 Å². The SMILES string of the molecule is CC(C)(C)c1ccc(-c2n[nH]c3ccc(NS(=O)(=O)c4ccccc4S(C)(=O)=O)cc23)cc1. The Morgan fingerprint density at radius 3 is 2.09 bits per heavy atom. The minimum atomic E-state index is -4.14. The largest absolute Gasteiger partial charge is 0.280 e. The number of H-pyrrole nitrogens is 1. The van der Waals surface area contributed by atoms with Gasteiger partial charge in [-0.2, -0.15) is 5.10 Å². The van der Waals surface area contributed by atoms with Crippen molar-refractivity contribution in [1.29, 1.82) is 0 Å². The van der Waals surface area contributed by atoms with Crippen molar-refractivity contribution in [1.82, 2.24) is 10.2 Å². The van der Waals surface area contributed by atoms with Gasteiger partial charge in [0.1, 0.15) is 4.90 Å². The van der Waals surface area contributed by atoms with Gasteiger partial charge in [-0.15, -0.1) is 0 Å². The standard InChI is InChI=1S/C24H25N3O4S2/c1-24(2,3)17-11-9-16(10-12-17)23-19-15-18(13-14-20(19)25-26-23)27-33(30,31)22-8-6-5-7-21(22)32(4,28)29/h5-15,27H,1-4H3,(H,25,26). The fourth-order valence-corrected chi connectivity index (χ4v) is 6.29. The molecular formula is C24H25N3O4S2. The van der Waals surface area contributed by atoms with Crippen LogP contribution in [0.3, 0.4) is 0 Å². The average molecular weight is 484 g/mol. The van der Waals surface area contributed by atoms with Crippen LogP contribution in [-0.4, -0.2) is 33.3 Å². The highest BCUT2D eigenvalue weighted by Gasteiger charge is 2.24. The van der Waals surface area contributed by atoms with E-state index < -0.39 is 19.9 Å². The highest BCUT2D eigenvalue weighted by atomic mass is 32.2. The van der Waals surface area contributed by atoms with E-state index in [-0.39, 0.29) is 15.2 Å². The van der Waals surface area contributed by atoms with Gasteiger partial charge < -0.3 is 0 Å². The van der Waals surface area contributed by atoms with Crippen molar-refractivity contribution in [3.05, 3.63) is 72.3 Å². The zero-order chi connectivity index (χ0) is 24.0. The van der Waals surface area contributed by atoms with Gasteiger partial charge in [0, 0.05) is 22.9 Å². The Hall–Kier alpha value is -3.17. The third kappa shape index (κ3) is 4.65.